The summed E-state index contributed by atoms with van der Waals surface area (Å²) in [5, 5.41) is 13.5. The molecule has 3 heterocycles. The minimum atomic E-state index is -5.37. The highest BCUT2D eigenvalue weighted by Crippen LogP contribution is 2.48. The molecule has 0 bridgehead atoms. The predicted molar refractivity (Wildman–Crippen MR) is 164 cm³/mol. The van der Waals surface area contributed by atoms with Crippen molar-refractivity contribution in [1.82, 2.24) is 20.3 Å². The first-order valence-electron chi connectivity index (χ1n) is 15.2. The molecule has 2 aliphatic rings. The number of hydrogen-bond acceptors (Lipinski definition) is 8. The van der Waals surface area contributed by atoms with Gasteiger partial charge in [-0.1, -0.05) is 6.92 Å². The van der Waals surface area contributed by atoms with E-state index in [0.29, 0.717) is 29.1 Å². The molecule has 0 radical (unpaired) electrons. The number of carbonyl (C=O) groups is 2. The summed E-state index contributed by atoms with van der Waals surface area (Å²) in [5.74, 6) is -1.37. The van der Waals surface area contributed by atoms with Gasteiger partial charge in [-0.2, -0.15) is 13.2 Å². The van der Waals surface area contributed by atoms with Crippen LogP contribution in [-0.4, -0.2) is 57.3 Å². The number of nitrogens with zero attached hydrogens (tertiary/aromatic N) is 3. The van der Waals surface area contributed by atoms with Gasteiger partial charge in [0.05, 0.1) is 18.3 Å². The summed E-state index contributed by atoms with van der Waals surface area (Å²) in [7, 11) is 0. The fourth-order valence-electron chi connectivity index (χ4n) is 5.29. The Bertz CT molecular complexity index is 1880. The van der Waals surface area contributed by atoms with Crippen LogP contribution in [0.2, 0.25) is 0 Å². The number of aliphatic hydroxyl groups is 1. The van der Waals surface area contributed by atoms with Crippen molar-refractivity contribution in [2.75, 3.05) is 13.2 Å². The SMILES string of the molecule is CCc1ncc(-c2cc(C(=O)NC[C@](O)(c3cc4c(c(-c5ccc(F)cc5)n3)OC[C@]4(C)C(N)=O)C(F)(F)F)ccc2OC2CC2)cn1. The van der Waals surface area contributed by atoms with Crippen LogP contribution in [0, 0.1) is 5.82 Å². The van der Waals surface area contributed by atoms with Crippen molar-refractivity contribution in [3.05, 3.63) is 89.4 Å². The number of rotatable bonds is 10. The summed E-state index contributed by atoms with van der Waals surface area (Å²) >= 11 is 0. The second-order valence-electron chi connectivity index (χ2n) is 12.0. The zero-order chi connectivity index (χ0) is 34.4. The number of benzene rings is 2. The van der Waals surface area contributed by atoms with E-state index in [9.17, 15) is 32.3 Å². The second-order valence-corrected chi connectivity index (χ2v) is 12.0. The van der Waals surface area contributed by atoms with Gasteiger partial charge in [0, 0.05) is 46.6 Å². The average molecular weight is 666 g/mol. The van der Waals surface area contributed by atoms with Gasteiger partial charge in [0.25, 0.3) is 5.91 Å². The van der Waals surface area contributed by atoms with Gasteiger partial charge in [-0.25, -0.2) is 19.3 Å². The molecule has 2 amide bonds. The average Bonchev–Trinajstić information content (AvgIpc) is 3.82. The summed E-state index contributed by atoms with van der Waals surface area (Å²) < 4.78 is 69.9. The van der Waals surface area contributed by atoms with E-state index < -0.39 is 47.1 Å². The Labute approximate surface area is 272 Å². The normalized spacial score (nSPS) is 18.4. The maximum absolute atomic E-state index is 14.8. The Morgan fingerprint density at radius 3 is 2.38 bits per heavy atom. The Morgan fingerprint density at radius 2 is 1.77 bits per heavy atom. The minimum absolute atomic E-state index is 0.0131. The molecule has 2 aromatic carbocycles. The third-order valence-electron chi connectivity index (χ3n) is 8.52. The summed E-state index contributed by atoms with van der Waals surface area (Å²) in [6.45, 7) is 1.65. The number of fused-ring (bicyclic) bond motifs is 1. The molecule has 4 N–H and O–H groups in total. The molecule has 250 valence electrons. The first kappa shape index (κ1) is 32.8. The highest BCUT2D eigenvalue weighted by Gasteiger charge is 2.57. The molecule has 0 saturated heterocycles. The molecule has 1 saturated carbocycles. The standard InChI is InChI=1S/C34H31F4N5O5/c1-3-27-40-14-20(15-41-27)23-12-19(6-11-25(23)48-22-9-10-22)30(44)42-16-33(46,34(36,37)38)26-13-24-29(47-17-32(24,2)31(39)45)28(43-26)18-4-7-21(35)8-5-18/h4-8,11-15,22,46H,3,9-10,16-17H2,1-2H3,(H2,39,45)(H,42,44)/t32-,33-/m0/s1. The number of primary amides is 1. The molecule has 1 fully saturated rings. The number of nitrogens with one attached hydrogen (secondary N) is 1. The summed E-state index contributed by atoms with van der Waals surface area (Å²) in [4.78, 5) is 38.6. The second kappa shape index (κ2) is 12.2. The fraction of sp³-hybridized carbons (Fsp3) is 0.324. The molecule has 2 atom stereocenters. The molecule has 1 aliphatic heterocycles. The van der Waals surface area contributed by atoms with Crippen LogP contribution >= 0.6 is 0 Å². The van der Waals surface area contributed by atoms with Gasteiger partial charge in [0.1, 0.15) is 40.9 Å². The maximum atomic E-state index is 14.8. The van der Waals surface area contributed by atoms with Crippen LogP contribution in [0.1, 0.15) is 54.1 Å². The van der Waals surface area contributed by atoms with Crippen molar-refractivity contribution in [2.45, 2.75) is 56.4 Å². The topological polar surface area (TPSA) is 150 Å². The highest BCUT2D eigenvalue weighted by atomic mass is 19.4. The Hall–Kier alpha value is -5.11. The largest absolute Gasteiger partial charge is 0.490 e. The number of ether oxygens (including phenoxy) is 2. The van der Waals surface area contributed by atoms with Crippen LogP contribution in [0.4, 0.5) is 17.6 Å². The Kier molecular flexibility index (Phi) is 8.31. The van der Waals surface area contributed by atoms with Gasteiger partial charge in [-0.15, -0.1) is 0 Å². The molecule has 0 spiro atoms. The molecular weight excluding hydrogens is 634 g/mol. The lowest BCUT2D eigenvalue weighted by Crippen LogP contribution is -2.51. The highest BCUT2D eigenvalue weighted by molar-refractivity contribution is 5.96. The van der Waals surface area contributed by atoms with Crippen LogP contribution in [0.5, 0.6) is 11.5 Å². The monoisotopic (exact) mass is 665 g/mol. The lowest BCUT2D eigenvalue weighted by molar-refractivity contribution is -0.265. The van der Waals surface area contributed by atoms with E-state index in [1.807, 2.05) is 6.92 Å². The van der Waals surface area contributed by atoms with Crippen molar-refractivity contribution in [3.8, 4) is 33.9 Å². The van der Waals surface area contributed by atoms with Crippen molar-refractivity contribution >= 4 is 11.8 Å². The molecule has 10 nitrogen and oxygen atoms in total. The van der Waals surface area contributed by atoms with Gasteiger partial charge >= 0.3 is 6.18 Å². The van der Waals surface area contributed by atoms with E-state index in [-0.39, 0.29) is 40.8 Å². The quantitative estimate of drug-likeness (QED) is 0.205. The van der Waals surface area contributed by atoms with Crippen molar-refractivity contribution in [3.63, 3.8) is 0 Å². The van der Waals surface area contributed by atoms with Crippen LogP contribution in [0.3, 0.4) is 0 Å². The number of hydrogen-bond donors (Lipinski definition) is 3. The van der Waals surface area contributed by atoms with E-state index >= 15 is 0 Å². The van der Waals surface area contributed by atoms with E-state index in [1.165, 1.54) is 31.2 Å². The number of nitrogens with two attached hydrogens (primary N) is 1. The number of carbonyl (C=O) groups excluding carboxylic acids is 2. The molecule has 6 rings (SSSR count). The molecule has 14 heteroatoms. The van der Waals surface area contributed by atoms with E-state index in [2.05, 4.69) is 20.3 Å². The summed E-state index contributed by atoms with van der Waals surface area (Å²) in [6, 6.07) is 10.0. The lowest BCUT2D eigenvalue weighted by atomic mass is 9.81. The van der Waals surface area contributed by atoms with Crippen molar-refractivity contribution < 1.29 is 41.7 Å². The van der Waals surface area contributed by atoms with Gasteiger partial charge in [-0.3, -0.25) is 9.59 Å². The first-order valence-corrected chi connectivity index (χ1v) is 15.2. The van der Waals surface area contributed by atoms with Crippen molar-refractivity contribution in [1.29, 1.82) is 0 Å². The van der Waals surface area contributed by atoms with Crippen LogP contribution < -0.4 is 20.5 Å². The predicted octanol–water partition coefficient (Wildman–Crippen LogP) is 4.76. The number of alkyl halides is 3. The van der Waals surface area contributed by atoms with Gasteiger partial charge < -0.3 is 25.6 Å². The van der Waals surface area contributed by atoms with Gasteiger partial charge in [0.2, 0.25) is 11.5 Å². The number of amides is 2. The minimum Gasteiger partial charge on any atom is -0.490 e. The van der Waals surface area contributed by atoms with E-state index in [1.54, 1.807) is 18.5 Å². The number of pyridine rings is 1. The number of aryl methyl sites for hydroxylation is 1. The van der Waals surface area contributed by atoms with Crippen LogP contribution in [-0.2, 0) is 22.2 Å². The van der Waals surface area contributed by atoms with Crippen molar-refractivity contribution in [2.24, 2.45) is 5.73 Å². The zero-order valence-corrected chi connectivity index (χ0v) is 25.9. The van der Waals surface area contributed by atoms with E-state index in [4.69, 9.17) is 15.2 Å². The van der Waals surface area contributed by atoms with Gasteiger partial charge in [-0.05, 0) is 68.3 Å². The lowest BCUT2D eigenvalue weighted by Gasteiger charge is -2.31. The van der Waals surface area contributed by atoms with Gasteiger partial charge in [0.15, 0.2) is 0 Å². The molecule has 1 aliphatic carbocycles. The number of aromatic nitrogens is 3. The molecular formula is C34H31F4N5O5. The van der Waals surface area contributed by atoms with E-state index in [0.717, 1.165) is 31.0 Å². The maximum Gasteiger partial charge on any atom is 0.424 e. The molecule has 0 unspecified atom stereocenters. The number of halogens is 4. The third kappa shape index (κ3) is 6.03. The smallest absolute Gasteiger partial charge is 0.424 e. The molecule has 48 heavy (non-hydrogen) atoms. The van der Waals surface area contributed by atoms with Crippen LogP contribution in [0.25, 0.3) is 22.4 Å². The summed E-state index contributed by atoms with van der Waals surface area (Å²) in [5.41, 5.74) is 0.335. The van der Waals surface area contributed by atoms with Crippen LogP contribution in [0.15, 0.2) is 60.9 Å². The third-order valence-corrected chi connectivity index (χ3v) is 8.52. The Morgan fingerprint density at radius 1 is 1.08 bits per heavy atom. The Balaban J connectivity index is 1.37. The fourth-order valence-corrected chi connectivity index (χ4v) is 5.29. The molecule has 4 aromatic rings. The summed E-state index contributed by atoms with van der Waals surface area (Å²) in [6.07, 6.45) is 0.147. The molecule has 2 aromatic heterocycles. The first-order chi connectivity index (χ1) is 22.7. The zero-order valence-electron chi connectivity index (χ0n) is 25.9.